The zero-order valence-corrected chi connectivity index (χ0v) is 12.1. The first-order valence-corrected chi connectivity index (χ1v) is 6.59. The first-order chi connectivity index (χ1) is 8.68. The van der Waals surface area contributed by atoms with Crippen molar-refractivity contribution in [2.24, 2.45) is 11.3 Å². The minimum absolute atomic E-state index is 0.128. The van der Waals surface area contributed by atoms with Crippen LogP contribution in [0.2, 0.25) is 0 Å². The van der Waals surface area contributed by atoms with Crippen LogP contribution in [0.15, 0.2) is 0 Å². The van der Waals surface area contributed by atoms with E-state index in [2.05, 4.69) is 0 Å². The first kappa shape index (κ1) is 17.5. The lowest BCUT2D eigenvalue weighted by Crippen LogP contribution is -2.40. The normalized spacial score (nSPS) is 12.8. The largest absolute Gasteiger partial charge is 0.481 e. The molecule has 0 aromatic rings. The fourth-order valence-electron chi connectivity index (χ4n) is 1.82. The molecule has 5 heteroatoms. The number of hydrogen-bond acceptors (Lipinski definition) is 4. The average Bonchev–Trinajstić information content (AvgIpc) is 2.34. The quantitative estimate of drug-likeness (QED) is 0.496. The van der Waals surface area contributed by atoms with Crippen LogP contribution in [0.3, 0.4) is 0 Å². The minimum Gasteiger partial charge on any atom is -0.481 e. The van der Waals surface area contributed by atoms with Gasteiger partial charge in [-0.1, -0.05) is 40.5 Å². The van der Waals surface area contributed by atoms with Crippen LogP contribution in [0.4, 0.5) is 0 Å². The van der Waals surface area contributed by atoms with Gasteiger partial charge in [-0.25, -0.2) is 0 Å². The maximum atomic E-state index is 12.1. The molecule has 2 N–H and O–H groups in total. The highest BCUT2D eigenvalue weighted by molar-refractivity contribution is 6.66. The third-order valence-corrected chi connectivity index (χ3v) is 3.28. The standard InChI is InChI=1S/C14H23NO4/c1-5-7-8-14(3,4)12(17)11(16)10(15)9(6-2)13(18)19/h9,15H,5-8H2,1-4H3,(H,18,19)/t9-/m0/s1. The van der Waals surface area contributed by atoms with E-state index in [1.165, 1.54) is 0 Å². The minimum atomic E-state index is -1.24. The summed E-state index contributed by atoms with van der Waals surface area (Å²) in [7, 11) is 0. The predicted molar refractivity (Wildman–Crippen MR) is 72.5 cm³/mol. The number of hydrogen-bond donors (Lipinski definition) is 2. The summed E-state index contributed by atoms with van der Waals surface area (Å²) in [5.41, 5.74) is -1.44. The van der Waals surface area contributed by atoms with Gasteiger partial charge in [0, 0.05) is 5.41 Å². The van der Waals surface area contributed by atoms with Crippen molar-refractivity contribution in [1.82, 2.24) is 0 Å². The molecule has 0 saturated heterocycles. The molecule has 0 aliphatic heterocycles. The molecule has 1 atom stereocenters. The van der Waals surface area contributed by atoms with E-state index in [9.17, 15) is 14.4 Å². The monoisotopic (exact) mass is 269 g/mol. The first-order valence-electron chi connectivity index (χ1n) is 6.59. The number of aliphatic carboxylic acids is 1. The molecule has 19 heavy (non-hydrogen) atoms. The van der Waals surface area contributed by atoms with Gasteiger partial charge in [0.15, 0.2) is 0 Å². The molecule has 5 nitrogen and oxygen atoms in total. The summed E-state index contributed by atoms with van der Waals surface area (Å²) < 4.78 is 0. The number of rotatable bonds is 9. The molecular formula is C14H23NO4. The molecule has 0 aliphatic carbocycles. The maximum Gasteiger partial charge on any atom is 0.312 e. The zero-order chi connectivity index (χ0) is 15.2. The van der Waals surface area contributed by atoms with Crippen molar-refractivity contribution in [3.63, 3.8) is 0 Å². The fraction of sp³-hybridized carbons (Fsp3) is 0.714. The van der Waals surface area contributed by atoms with Crippen molar-refractivity contribution >= 4 is 23.2 Å². The van der Waals surface area contributed by atoms with Gasteiger partial charge >= 0.3 is 5.97 Å². The topological polar surface area (TPSA) is 95.3 Å². The Morgan fingerprint density at radius 2 is 1.74 bits per heavy atom. The van der Waals surface area contributed by atoms with Crippen molar-refractivity contribution in [3.05, 3.63) is 0 Å². The molecule has 0 bridgehead atoms. The van der Waals surface area contributed by atoms with Gasteiger partial charge in [-0.2, -0.15) is 0 Å². The Labute approximate surface area is 113 Å². The number of unbranched alkanes of at least 4 members (excludes halogenated alkanes) is 1. The number of carbonyl (C=O) groups is 3. The van der Waals surface area contributed by atoms with Crippen molar-refractivity contribution in [2.45, 2.75) is 53.4 Å². The molecule has 108 valence electrons. The highest BCUT2D eigenvalue weighted by Gasteiger charge is 2.37. The van der Waals surface area contributed by atoms with E-state index in [-0.39, 0.29) is 6.42 Å². The summed E-state index contributed by atoms with van der Waals surface area (Å²) in [6, 6.07) is 0. The summed E-state index contributed by atoms with van der Waals surface area (Å²) in [6.45, 7) is 6.89. The number of nitrogens with one attached hydrogen (secondary N) is 1. The van der Waals surface area contributed by atoms with Gasteiger partial charge in [-0.3, -0.25) is 14.4 Å². The van der Waals surface area contributed by atoms with Crippen LogP contribution >= 0.6 is 0 Å². The number of ketones is 2. The Morgan fingerprint density at radius 1 is 1.21 bits per heavy atom. The lowest BCUT2D eigenvalue weighted by Gasteiger charge is -2.22. The summed E-state index contributed by atoms with van der Waals surface area (Å²) >= 11 is 0. The smallest absolute Gasteiger partial charge is 0.312 e. The van der Waals surface area contributed by atoms with Gasteiger partial charge in [0.2, 0.25) is 11.6 Å². The van der Waals surface area contributed by atoms with Gasteiger partial charge in [0.05, 0.1) is 5.71 Å². The lowest BCUT2D eigenvalue weighted by molar-refractivity contribution is -0.141. The molecule has 0 fully saturated rings. The van der Waals surface area contributed by atoms with Crippen LogP contribution < -0.4 is 0 Å². The molecule has 0 saturated carbocycles. The van der Waals surface area contributed by atoms with Crippen molar-refractivity contribution in [2.75, 3.05) is 0 Å². The van der Waals surface area contributed by atoms with Gasteiger partial charge < -0.3 is 10.5 Å². The van der Waals surface area contributed by atoms with Gasteiger partial charge in [0.25, 0.3) is 0 Å². The number of carboxylic acids is 1. The summed E-state index contributed by atoms with van der Waals surface area (Å²) in [4.78, 5) is 34.9. The van der Waals surface area contributed by atoms with Gasteiger partial charge in [-0.05, 0) is 12.8 Å². The second-order valence-electron chi connectivity index (χ2n) is 5.36. The molecule has 0 aromatic carbocycles. The summed E-state index contributed by atoms with van der Waals surface area (Å²) in [5, 5.41) is 16.5. The average molecular weight is 269 g/mol. The SMILES string of the molecule is CCCCC(C)(C)C(=O)C(=O)C(=N)[C@H](CC)C(=O)O. The van der Waals surface area contributed by atoms with Crippen LogP contribution in [0.25, 0.3) is 0 Å². The van der Waals surface area contributed by atoms with Gasteiger partial charge in [0.1, 0.15) is 5.92 Å². The van der Waals surface area contributed by atoms with E-state index in [1.54, 1.807) is 20.8 Å². The van der Waals surface area contributed by atoms with Crippen LogP contribution in [0, 0.1) is 16.7 Å². The number of carbonyl (C=O) groups excluding carboxylic acids is 2. The van der Waals surface area contributed by atoms with Crippen molar-refractivity contribution in [1.29, 1.82) is 5.41 Å². The number of Topliss-reactive ketones (excluding diaryl/α,β-unsaturated/α-hetero) is 2. The van der Waals surface area contributed by atoms with E-state index < -0.39 is 34.6 Å². The molecule has 0 rings (SSSR count). The second-order valence-corrected chi connectivity index (χ2v) is 5.36. The molecule has 0 aromatic heterocycles. The van der Waals surface area contributed by atoms with E-state index >= 15 is 0 Å². The van der Waals surface area contributed by atoms with Crippen molar-refractivity contribution < 1.29 is 19.5 Å². The molecule has 0 spiro atoms. The Kier molecular flexibility index (Phi) is 6.59. The third kappa shape index (κ3) is 4.58. The van der Waals surface area contributed by atoms with E-state index in [0.29, 0.717) is 6.42 Å². The number of carboxylic acid groups (broad SMARTS) is 1. The summed E-state index contributed by atoms with van der Waals surface area (Å²) in [6.07, 6.45) is 2.42. The molecule has 0 radical (unpaired) electrons. The van der Waals surface area contributed by atoms with Crippen LogP contribution in [-0.4, -0.2) is 28.4 Å². The van der Waals surface area contributed by atoms with Gasteiger partial charge in [-0.15, -0.1) is 0 Å². The molecule has 0 aliphatic rings. The predicted octanol–water partition coefficient (Wildman–Crippen LogP) is 2.47. The third-order valence-electron chi connectivity index (χ3n) is 3.28. The maximum absolute atomic E-state index is 12.1. The van der Waals surface area contributed by atoms with E-state index in [1.807, 2.05) is 6.92 Å². The highest BCUT2D eigenvalue weighted by atomic mass is 16.4. The van der Waals surface area contributed by atoms with Crippen molar-refractivity contribution in [3.8, 4) is 0 Å². The Bertz CT molecular complexity index is 385. The molecule has 0 heterocycles. The van der Waals surface area contributed by atoms with Crippen LogP contribution in [0.5, 0.6) is 0 Å². The lowest BCUT2D eigenvalue weighted by atomic mass is 9.79. The van der Waals surface area contributed by atoms with Crippen LogP contribution in [0.1, 0.15) is 53.4 Å². The Balaban J connectivity index is 4.95. The zero-order valence-electron chi connectivity index (χ0n) is 12.1. The summed E-state index contributed by atoms with van der Waals surface area (Å²) in [5.74, 6) is -4.06. The Hall–Kier alpha value is -1.52. The molecule has 0 unspecified atom stereocenters. The fourth-order valence-corrected chi connectivity index (χ4v) is 1.82. The second kappa shape index (κ2) is 7.16. The highest BCUT2D eigenvalue weighted by Crippen LogP contribution is 2.25. The van der Waals surface area contributed by atoms with E-state index in [0.717, 1.165) is 12.8 Å². The van der Waals surface area contributed by atoms with Crippen LogP contribution in [-0.2, 0) is 14.4 Å². The van der Waals surface area contributed by atoms with E-state index in [4.69, 9.17) is 10.5 Å². The molecular weight excluding hydrogens is 246 g/mol. The molecule has 0 amide bonds. The Morgan fingerprint density at radius 3 is 2.11 bits per heavy atom.